The number of aliphatic imine (C=N–C) groups is 1. The molecule has 0 saturated carbocycles. The minimum Gasteiger partial charge on any atom is -0.284 e. The molecule has 0 heterocycles. The number of hydrogen-bond donors (Lipinski definition) is 0. The standard InChI is InChI=1S/C11H22BN/c1-9(13-10(2,3)4)7-8-11(5,6)12/h7-8H,12H2,1-6H3/b8-7-,13-9-. The summed E-state index contributed by atoms with van der Waals surface area (Å²) in [4.78, 5) is 4.54. The summed E-state index contributed by atoms with van der Waals surface area (Å²) in [6.45, 7) is 12.8. The van der Waals surface area contributed by atoms with E-state index in [9.17, 15) is 0 Å². The Hall–Kier alpha value is -0.525. The maximum Gasteiger partial charge on any atom is 0.113 e. The first-order valence-corrected chi connectivity index (χ1v) is 4.86. The van der Waals surface area contributed by atoms with E-state index in [2.05, 4.69) is 59.6 Å². The molecule has 0 rings (SSSR count). The molecule has 0 saturated heterocycles. The predicted octanol–water partition coefficient (Wildman–Crippen LogP) is 2.63. The lowest BCUT2D eigenvalue weighted by molar-refractivity contribution is 0.584. The Balaban J connectivity index is 4.40. The lowest BCUT2D eigenvalue weighted by Crippen LogP contribution is -2.12. The van der Waals surface area contributed by atoms with Gasteiger partial charge in [0.1, 0.15) is 7.85 Å². The van der Waals surface area contributed by atoms with Gasteiger partial charge in [0, 0.05) is 5.71 Å². The second-order valence-electron chi connectivity index (χ2n) is 5.62. The summed E-state index contributed by atoms with van der Waals surface area (Å²) < 4.78 is 0. The molecule has 0 aliphatic rings. The van der Waals surface area contributed by atoms with Crippen LogP contribution in [0.5, 0.6) is 0 Å². The Kier molecular flexibility index (Phi) is 3.96. The summed E-state index contributed by atoms with van der Waals surface area (Å²) >= 11 is 0. The van der Waals surface area contributed by atoms with Crippen molar-refractivity contribution in [2.24, 2.45) is 4.99 Å². The highest BCUT2D eigenvalue weighted by Gasteiger charge is 2.07. The van der Waals surface area contributed by atoms with Crippen molar-refractivity contribution in [3.8, 4) is 0 Å². The zero-order valence-corrected chi connectivity index (χ0v) is 10.1. The van der Waals surface area contributed by atoms with Crippen molar-refractivity contribution in [1.29, 1.82) is 0 Å². The molecule has 13 heavy (non-hydrogen) atoms. The van der Waals surface area contributed by atoms with Gasteiger partial charge in [-0.1, -0.05) is 19.9 Å². The minimum atomic E-state index is 0.0340. The maximum atomic E-state index is 4.54. The summed E-state index contributed by atoms with van der Waals surface area (Å²) in [5, 5.41) is 0.245. The lowest BCUT2D eigenvalue weighted by Gasteiger charge is -2.14. The lowest BCUT2D eigenvalue weighted by atomic mass is 9.72. The van der Waals surface area contributed by atoms with Crippen LogP contribution in [0.3, 0.4) is 0 Å². The van der Waals surface area contributed by atoms with Crippen LogP contribution < -0.4 is 0 Å². The SMILES string of the molecule is BC(C)(C)/C=C\C(C)=N/C(C)(C)C. The first-order valence-electron chi connectivity index (χ1n) is 4.86. The van der Waals surface area contributed by atoms with Crippen molar-refractivity contribution < 1.29 is 0 Å². The van der Waals surface area contributed by atoms with Gasteiger partial charge in [-0.3, -0.25) is 4.99 Å². The fourth-order valence-electron chi connectivity index (χ4n) is 0.937. The molecule has 0 aromatic heterocycles. The van der Waals surface area contributed by atoms with E-state index in [4.69, 9.17) is 0 Å². The van der Waals surface area contributed by atoms with Crippen LogP contribution >= 0.6 is 0 Å². The van der Waals surface area contributed by atoms with Gasteiger partial charge in [0.2, 0.25) is 0 Å². The van der Waals surface area contributed by atoms with Crippen LogP contribution in [0, 0.1) is 0 Å². The Morgan fingerprint density at radius 1 is 1.15 bits per heavy atom. The molecule has 0 fully saturated rings. The molecule has 2 heteroatoms. The van der Waals surface area contributed by atoms with Crippen molar-refractivity contribution >= 4 is 13.6 Å². The molecular weight excluding hydrogens is 157 g/mol. The van der Waals surface area contributed by atoms with E-state index in [1.807, 2.05) is 6.92 Å². The van der Waals surface area contributed by atoms with Crippen LogP contribution in [0.2, 0.25) is 5.31 Å². The normalized spacial score (nSPS) is 15.4. The van der Waals surface area contributed by atoms with E-state index in [-0.39, 0.29) is 10.9 Å². The van der Waals surface area contributed by atoms with E-state index in [1.54, 1.807) is 0 Å². The first kappa shape index (κ1) is 12.5. The molecule has 0 spiro atoms. The highest BCUT2D eigenvalue weighted by atomic mass is 14.8. The largest absolute Gasteiger partial charge is 0.284 e. The van der Waals surface area contributed by atoms with Crippen molar-refractivity contribution in [3.63, 3.8) is 0 Å². The molecule has 0 bridgehead atoms. The molecule has 1 nitrogen and oxygen atoms in total. The second kappa shape index (κ2) is 4.12. The van der Waals surface area contributed by atoms with Gasteiger partial charge in [0.25, 0.3) is 0 Å². The minimum absolute atomic E-state index is 0.0340. The highest BCUT2D eigenvalue weighted by Crippen LogP contribution is 2.19. The Labute approximate surface area is 83.7 Å². The summed E-state index contributed by atoms with van der Waals surface area (Å²) in [5.74, 6) is 0. The molecule has 0 N–H and O–H groups in total. The van der Waals surface area contributed by atoms with E-state index in [0.29, 0.717) is 0 Å². The quantitative estimate of drug-likeness (QED) is 0.456. The van der Waals surface area contributed by atoms with E-state index in [0.717, 1.165) is 5.71 Å². The molecule has 0 aliphatic heterocycles. The third-order valence-corrected chi connectivity index (χ3v) is 1.34. The predicted molar refractivity (Wildman–Crippen MR) is 64.6 cm³/mol. The third kappa shape index (κ3) is 9.39. The molecule has 74 valence electrons. The molecule has 0 atom stereocenters. The Morgan fingerprint density at radius 2 is 1.62 bits per heavy atom. The van der Waals surface area contributed by atoms with Crippen LogP contribution in [0.15, 0.2) is 17.1 Å². The molecule has 0 aromatic carbocycles. The monoisotopic (exact) mass is 179 g/mol. The molecular formula is C11H22BN. The van der Waals surface area contributed by atoms with Gasteiger partial charge in [0.15, 0.2) is 0 Å². The van der Waals surface area contributed by atoms with Crippen LogP contribution in [0.25, 0.3) is 0 Å². The molecule has 0 amide bonds. The molecule has 0 aliphatic carbocycles. The summed E-state index contributed by atoms with van der Waals surface area (Å²) in [5.41, 5.74) is 1.13. The van der Waals surface area contributed by atoms with Gasteiger partial charge in [-0.25, -0.2) is 0 Å². The topological polar surface area (TPSA) is 12.4 Å². The van der Waals surface area contributed by atoms with Gasteiger partial charge < -0.3 is 0 Å². The third-order valence-electron chi connectivity index (χ3n) is 1.34. The van der Waals surface area contributed by atoms with Crippen LogP contribution in [0.4, 0.5) is 0 Å². The molecule has 0 unspecified atom stereocenters. The Morgan fingerprint density at radius 3 is 1.92 bits per heavy atom. The van der Waals surface area contributed by atoms with Crippen molar-refractivity contribution in [3.05, 3.63) is 12.2 Å². The van der Waals surface area contributed by atoms with E-state index < -0.39 is 0 Å². The van der Waals surface area contributed by atoms with E-state index >= 15 is 0 Å². The first-order chi connectivity index (χ1) is 5.60. The highest BCUT2D eigenvalue weighted by molar-refractivity contribution is 6.16. The number of rotatable bonds is 2. The fourth-order valence-corrected chi connectivity index (χ4v) is 0.937. The van der Waals surface area contributed by atoms with E-state index in [1.165, 1.54) is 0 Å². The number of nitrogens with zero attached hydrogens (tertiary/aromatic N) is 1. The number of allylic oxidation sites excluding steroid dienone is 2. The van der Waals surface area contributed by atoms with Crippen molar-refractivity contribution in [2.45, 2.75) is 52.4 Å². The van der Waals surface area contributed by atoms with Gasteiger partial charge in [0.05, 0.1) is 5.54 Å². The van der Waals surface area contributed by atoms with Crippen LogP contribution in [-0.2, 0) is 0 Å². The smallest absolute Gasteiger partial charge is 0.113 e. The van der Waals surface area contributed by atoms with Crippen molar-refractivity contribution in [2.75, 3.05) is 0 Å². The average molecular weight is 179 g/mol. The molecule has 0 radical (unpaired) electrons. The Bertz CT molecular complexity index is 213. The number of hydrogen-bond acceptors (Lipinski definition) is 1. The van der Waals surface area contributed by atoms with Gasteiger partial charge in [-0.2, -0.15) is 0 Å². The maximum absolute atomic E-state index is 4.54. The van der Waals surface area contributed by atoms with Gasteiger partial charge in [-0.15, -0.1) is 0 Å². The second-order valence-corrected chi connectivity index (χ2v) is 5.62. The van der Waals surface area contributed by atoms with Gasteiger partial charge >= 0.3 is 0 Å². The zero-order chi connectivity index (χ0) is 10.7. The average Bonchev–Trinajstić information content (AvgIpc) is 1.78. The summed E-state index contributed by atoms with van der Waals surface area (Å²) in [7, 11) is 2.19. The van der Waals surface area contributed by atoms with Gasteiger partial charge in [-0.05, 0) is 39.1 Å². The van der Waals surface area contributed by atoms with Crippen molar-refractivity contribution in [1.82, 2.24) is 0 Å². The summed E-state index contributed by atoms with van der Waals surface area (Å²) in [6, 6.07) is 0. The molecule has 0 aromatic rings. The fraction of sp³-hybridized carbons (Fsp3) is 0.727. The zero-order valence-electron chi connectivity index (χ0n) is 10.1. The van der Waals surface area contributed by atoms with Crippen LogP contribution in [-0.4, -0.2) is 19.1 Å². The van der Waals surface area contributed by atoms with Crippen LogP contribution in [0.1, 0.15) is 41.5 Å². The summed E-state index contributed by atoms with van der Waals surface area (Å²) in [6.07, 6.45) is 4.29.